The van der Waals surface area contributed by atoms with Gasteiger partial charge in [-0.1, -0.05) is 22.9 Å². The zero-order valence-corrected chi connectivity index (χ0v) is 12.1. The van der Waals surface area contributed by atoms with Crippen LogP contribution in [-0.2, 0) is 0 Å². The maximum atomic E-state index is 13.2. The van der Waals surface area contributed by atoms with Crippen LogP contribution in [0.3, 0.4) is 0 Å². The SMILES string of the molecule is CC(CBr)C(C)NC(=O)c1cc(F)cc([N+](=O)[O-])c1. The molecule has 0 aromatic heterocycles. The fourth-order valence-electron chi connectivity index (χ4n) is 1.38. The van der Waals surface area contributed by atoms with Crippen LogP contribution in [-0.4, -0.2) is 22.2 Å². The van der Waals surface area contributed by atoms with E-state index in [0.717, 1.165) is 18.2 Å². The standard InChI is InChI=1S/C12H14BrFN2O3/c1-7(6-13)8(2)15-12(17)9-3-10(14)5-11(4-9)16(18)19/h3-5,7-8H,6H2,1-2H3,(H,15,17). The van der Waals surface area contributed by atoms with E-state index < -0.39 is 22.3 Å². The Morgan fingerprint density at radius 1 is 1.47 bits per heavy atom. The van der Waals surface area contributed by atoms with Crippen molar-refractivity contribution in [2.24, 2.45) is 5.92 Å². The molecule has 5 nitrogen and oxygen atoms in total. The molecular formula is C12H14BrFN2O3. The van der Waals surface area contributed by atoms with Crippen molar-refractivity contribution in [2.75, 3.05) is 5.33 Å². The van der Waals surface area contributed by atoms with Crippen LogP contribution < -0.4 is 5.32 Å². The molecule has 7 heteroatoms. The topological polar surface area (TPSA) is 72.2 Å². The number of non-ortho nitro benzene ring substituents is 1. The second kappa shape index (κ2) is 6.60. The highest BCUT2D eigenvalue weighted by Gasteiger charge is 2.18. The van der Waals surface area contributed by atoms with Crippen molar-refractivity contribution in [3.63, 3.8) is 0 Å². The van der Waals surface area contributed by atoms with Gasteiger partial charge in [0.25, 0.3) is 11.6 Å². The molecule has 0 spiro atoms. The minimum atomic E-state index is -0.805. The minimum absolute atomic E-state index is 0.0553. The van der Waals surface area contributed by atoms with Gasteiger partial charge >= 0.3 is 0 Å². The molecule has 0 bridgehead atoms. The van der Waals surface area contributed by atoms with Gasteiger partial charge in [0.2, 0.25) is 0 Å². The summed E-state index contributed by atoms with van der Waals surface area (Å²) in [6.07, 6.45) is 0. The number of hydrogen-bond acceptors (Lipinski definition) is 3. The molecule has 0 aliphatic rings. The van der Waals surface area contributed by atoms with Gasteiger partial charge in [0.15, 0.2) is 0 Å². The normalized spacial score (nSPS) is 13.7. The average Bonchev–Trinajstić information content (AvgIpc) is 2.36. The van der Waals surface area contributed by atoms with Crippen LogP contribution >= 0.6 is 15.9 Å². The highest BCUT2D eigenvalue weighted by molar-refractivity contribution is 9.09. The molecule has 1 aromatic carbocycles. The molecule has 0 saturated heterocycles. The zero-order chi connectivity index (χ0) is 14.6. The van der Waals surface area contributed by atoms with Crippen LogP contribution in [0.2, 0.25) is 0 Å². The fraction of sp³-hybridized carbons (Fsp3) is 0.417. The van der Waals surface area contributed by atoms with E-state index in [1.165, 1.54) is 0 Å². The number of halogens is 2. The van der Waals surface area contributed by atoms with Gasteiger partial charge in [-0.2, -0.15) is 0 Å². The van der Waals surface area contributed by atoms with E-state index in [1.54, 1.807) is 0 Å². The van der Waals surface area contributed by atoms with Gasteiger partial charge in [0, 0.05) is 23.0 Å². The van der Waals surface area contributed by atoms with Crippen molar-refractivity contribution in [3.05, 3.63) is 39.7 Å². The van der Waals surface area contributed by atoms with Crippen LogP contribution in [0.5, 0.6) is 0 Å². The van der Waals surface area contributed by atoms with Crippen LogP contribution in [0, 0.1) is 21.8 Å². The quantitative estimate of drug-likeness (QED) is 0.512. The molecule has 1 N–H and O–H groups in total. The Hall–Kier alpha value is -1.50. The van der Waals surface area contributed by atoms with E-state index in [-0.39, 0.29) is 17.5 Å². The van der Waals surface area contributed by atoms with Gasteiger partial charge in [0.1, 0.15) is 5.82 Å². The average molecular weight is 333 g/mol. The largest absolute Gasteiger partial charge is 0.349 e. The number of hydrogen-bond donors (Lipinski definition) is 1. The van der Waals surface area contributed by atoms with Gasteiger partial charge in [-0.3, -0.25) is 14.9 Å². The van der Waals surface area contributed by atoms with Crippen LogP contribution in [0.15, 0.2) is 18.2 Å². The van der Waals surface area contributed by atoms with Crippen molar-refractivity contribution in [1.82, 2.24) is 5.32 Å². The lowest BCUT2D eigenvalue weighted by Crippen LogP contribution is -2.37. The number of carbonyl (C=O) groups excluding carboxylic acids is 1. The van der Waals surface area contributed by atoms with Crippen molar-refractivity contribution >= 4 is 27.5 Å². The maximum Gasteiger partial charge on any atom is 0.273 e. The summed E-state index contributed by atoms with van der Waals surface area (Å²) in [6, 6.07) is 2.69. The first-order chi connectivity index (χ1) is 8.85. The van der Waals surface area contributed by atoms with Crippen molar-refractivity contribution < 1.29 is 14.1 Å². The molecule has 1 amide bonds. The molecule has 0 heterocycles. The van der Waals surface area contributed by atoms with E-state index in [0.29, 0.717) is 5.33 Å². The number of nitro groups is 1. The summed E-state index contributed by atoms with van der Waals surface area (Å²) in [5, 5.41) is 14.0. The van der Waals surface area contributed by atoms with Gasteiger partial charge in [-0.15, -0.1) is 0 Å². The molecule has 1 aromatic rings. The molecule has 0 aliphatic carbocycles. The number of nitro benzene ring substituents is 1. The molecule has 2 atom stereocenters. The molecule has 0 fully saturated rings. The number of amides is 1. The lowest BCUT2D eigenvalue weighted by atomic mass is 10.1. The monoisotopic (exact) mass is 332 g/mol. The van der Waals surface area contributed by atoms with Gasteiger partial charge in [0.05, 0.1) is 11.0 Å². The zero-order valence-electron chi connectivity index (χ0n) is 10.5. The first kappa shape index (κ1) is 15.6. The predicted molar refractivity (Wildman–Crippen MR) is 72.9 cm³/mol. The highest BCUT2D eigenvalue weighted by Crippen LogP contribution is 2.17. The van der Waals surface area contributed by atoms with Crippen LogP contribution in [0.25, 0.3) is 0 Å². The summed E-state index contributed by atoms with van der Waals surface area (Å²) in [7, 11) is 0. The van der Waals surface area contributed by atoms with E-state index in [4.69, 9.17) is 0 Å². The van der Waals surface area contributed by atoms with E-state index in [9.17, 15) is 19.3 Å². The number of carbonyl (C=O) groups is 1. The minimum Gasteiger partial charge on any atom is -0.349 e. The third-order valence-electron chi connectivity index (χ3n) is 2.81. The number of rotatable bonds is 5. The summed E-state index contributed by atoms with van der Waals surface area (Å²) in [5.41, 5.74) is -0.494. The van der Waals surface area contributed by atoms with Crippen LogP contribution in [0.1, 0.15) is 24.2 Å². The maximum absolute atomic E-state index is 13.2. The summed E-state index contributed by atoms with van der Waals surface area (Å²) in [4.78, 5) is 21.8. The Kier molecular flexibility index (Phi) is 5.41. The Balaban J connectivity index is 2.91. The summed E-state index contributed by atoms with van der Waals surface area (Å²) >= 11 is 3.30. The first-order valence-electron chi connectivity index (χ1n) is 5.67. The smallest absolute Gasteiger partial charge is 0.273 e. The number of nitrogens with zero attached hydrogens (tertiary/aromatic N) is 1. The number of benzene rings is 1. The molecule has 0 aliphatic heterocycles. The van der Waals surface area contributed by atoms with Crippen LogP contribution in [0.4, 0.5) is 10.1 Å². The summed E-state index contributed by atoms with van der Waals surface area (Å²) in [6.45, 7) is 3.76. The third kappa shape index (κ3) is 4.27. The molecule has 104 valence electrons. The Morgan fingerprint density at radius 2 is 2.11 bits per heavy atom. The Morgan fingerprint density at radius 3 is 2.63 bits per heavy atom. The summed E-state index contributed by atoms with van der Waals surface area (Å²) < 4.78 is 13.2. The second-order valence-corrected chi connectivity index (χ2v) is 5.00. The second-order valence-electron chi connectivity index (χ2n) is 4.35. The fourth-order valence-corrected chi connectivity index (χ4v) is 1.94. The molecule has 0 radical (unpaired) electrons. The van der Waals surface area contributed by atoms with E-state index in [2.05, 4.69) is 21.2 Å². The van der Waals surface area contributed by atoms with Gasteiger partial charge in [-0.25, -0.2) is 4.39 Å². The molecule has 19 heavy (non-hydrogen) atoms. The number of alkyl halides is 1. The molecule has 2 unspecified atom stereocenters. The van der Waals surface area contributed by atoms with E-state index in [1.807, 2.05) is 13.8 Å². The van der Waals surface area contributed by atoms with Gasteiger partial charge < -0.3 is 5.32 Å². The highest BCUT2D eigenvalue weighted by atomic mass is 79.9. The van der Waals surface area contributed by atoms with E-state index >= 15 is 0 Å². The Labute approximate surface area is 118 Å². The summed E-state index contributed by atoms with van der Waals surface area (Å²) in [5.74, 6) is -1.14. The lowest BCUT2D eigenvalue weighted by molar-refractivity contribution is -0.385. The third-order valence-corrected chi connectivity index (χ3v) is 3.83. The predicted octanol–water partition coefficient (Wildman–Crippen LogP) is 2.88. The van der Waals surface area contributed by atoms with Gasteiger partial charge in [-0.05, 0) is 18.9 Å². The van der Waals surface area contributed by atoms with Crippen molar-refractivity contribution in [1.29, 1.82) is 0 Å². The van der Waals surface area contributed by atoms with Crippen molar-refractivity contribution in [3.8, 4) is 0 Å². The molecule has 0 saturated carbocycles. The lowest BCUT2D eigenvalue weighted by Gasteiger charge is -2.19. The Bertz CT molecular complexity index is 496. The molecule has 1 rings (SSSR count). The first-order valence-corrected chi connectivity index (χ1v) is 6.79. The van der Waals surface area contributed by atoms with Crippen molar-refractivity contribution in [2.45, 2.75) is 19.9 Å². The molecular weight excluding hydrogens is 319 g/mol. The number of nitrogens with one attached hydrogen (secondary N) is 1.